The van der Waals surface area contributed by atoms with Crippen LogP contribution in [0.5, 0.6) is 5.75 Å². The van der Waals surface area contributed by atoms with Gasteiger partial charge in [0.2, 0.25) is 0 Å². The Balaban J connectivity index is 1.28. The highest BCUT2D eigenvalue weighted by molar-refractivity contribution is 6.03. The Kier molecular flexibility index (Phi) is 6.36. The number of nitrogens with zero attached hydrogens (tertiary/aromatic N) is 3. The summed E-state index contributed by atoms with van der Waals surface area (Å²) in [5.74, 6) is -0.200. The molecule has 2 aromatic carbocycles. The average molecular weight is 493 g/mol. The van der Waals surface area contributed by atoms with Crippen LogP contribution in [-0.2, 0) is 6.54 Å². The molecule has 9 nitrogen and oxygen atoms in total. The number of primary amides is 1. The van der Waals surface area contributed by atoms with Gasteiger partial charge in [0.15, 0.2) is 0 Å². The summed E-state index contributed by atoms with van der Waals surface area (Å²) in [6.45, 7) is 3.04. The predicted molar refractivity (Wildman–Crippen MR) is 133 cm³/mol. The average Bonchev–Trinajstić information content (AvgIpc) is 3.60. The molecule has 2 heterocycles. The van der Waals surface area contributed by atoms with E-state index in [1.165, 1.54) is 32.1 Å². The van der Waals surface area contributed by atoms with Crippen LogP contribution in [0.25, 0.3) is 11.3 Å². The number of nitrogens with one attached hydrogen (secondary N) is 1. The number of aromatic nitrogens is 2. The number of carbonyl (C=O) groups is 2. The Bertz CT molecular complexity index is 1300. The second kappa shape index (κ2) is 9.62. The highest BCUT2D eigenvalue weighted by atomic mass is 19.1. The Hall–Kier alpha value is -3.92. The van der Waals surface area contributed by atoms with Crippen molar-refractivity contribution in [2.45, 2.75) is 25.4 Å². The maximum atomic E-state index is 13.6. The number of likely N-dealkylation sites (tertiary alicyclic amines) is 1. The van der Waals surface area contributed by atoms with Crippen LogP contribution < -0.4 is 21.5 Å². The van der Waals surface area contributed by atoms with Gasteiger partial charge in [-0.25, -0.2) is 9.07 Å². The van der Waals surface area contributed by atoms with E-state index in [0.717, 1.165) is 37.2 Å². The van der Waals surface area contributed by atoms with Crippen LogP contribution in [0.3, 0.4) is 0 Å². The van der Waals surface area contributed by atoms with Crippen LogP contribution in [0.2, 0.25) is 0 Å². The van der Waals surface area contributed by atoms with E-state index in [-0.39, 0.29) is 29.5 Å². The van der Waals surface area contributed by atoms with Gasteiger partial charge in [0.1, 0.15) is 28.6 Å². The maximum absolute atomic E-state index is 13.6. The molecule has 0 spiro atoms. The van der Waals surface area contributed by atoms with Crippen LogP contribution >= 0.6 is 0 Å². The molecule has 1 aliphatic heterocycles. The Morgan fingerprint density at radius 3 is 2.53 bits per heavy atom. The molecule has 2 amide bonds. The summed E-state index contributed by atoms with van der Waals surface area (Å²) < 4.78 is 20.5. The normalized spacial score (nSPS) is 15.9. The van der Waals surface area contributed by atoms with E-state index < -0.39 is 17.6 Å². The molecule has 5 N–H and O–H groups in total. The van der Waals surface area contributed by atoms with E-state index in [1.54, 1.807) is 4.68 Å². The van der Waals surface area contributed by atoms with Gasteiger partial charge in [0, 0.05) is 31.7 Å². The fraction of sp³-hybridized carbons (Fsp3) is 0.346. The Morgan fingerprint density at radius 2 is 1.89 bits per heavy atom. The van der Waals surface area contributed by atoms with Gasteiger partial charge in [0.25, 0.3) is 11.8 Å². The van der Waals surface area contributed by atoms with Gasteiger partial charge in [-0.3, -0.25) is 14.5 Å². The number of nitrogens with two attached hydrogens (primary N) is 2. The monoisotopic (exact) mass is 492 g/mol. The number of benzene rings is 2. The molecule has 2 aliphatic rings. The minimum atomic E-state index is -0.622. The molecule has 188 valence electrons. The summed E-state index contributed by atoms with van der Waals surface area (Å²) >= 11 is 0. The molecule has 3 aromatic rings. The first kappa shape index (κ1) is 23.8. The zero-order chi connectivity index (χ0) is 25.4. The van der Waals surface area contributed by atoms with E-state index in [4.69, 9.17) is 16.2 Å². The lowest BCUT2D eigenvalue weighted by Gasteiger charge is -2.39. The third kappa shape index (κ3) is 4.76. The molecule has 0 bridgehead atoms. The lowest BCUT2D eigenvalue weighted by Crippen LogP contribution is -2.48. The predicted octanol–water partition coefficient (Wildman–Crippen LogP) is 2.58. The van der Waals surface area contributed by atoms with Crippen LogP contribution in [0.1, 0.15) is 45.2 Å². The van der Waals surface area contributed by atoms with E-state index in [2.05, 4.69) is 15.3 Å². The summed E-state index contributed by atoms with van der Waals surface area (Å²) in [7, 11) is 1.42. The van der Waals surface area contributed by atoms with Gasteiger partial charge in [-0.2, -0.15) is 5.10 Å². The van der Waals surface area contributed by atoms with Crippen LogP contribution in [0.15, 0.2) is 42.5 Å². The van der Waals surface area contributed by atoms with Crippen molar-refractivity contribution in [3.8, 4) is 17.0 Å². The zero-order valence-corrected chi connectivity index (χ0v) is 20.0. The van der Waals surface area contributed by atoms with Crippen molar-refractivity contribution < 1.29 is 18.7 Å². The number of ether oxygens (including phenoxy) is 1. The Labute approximate surface area is 208 Å². The van der Waals surface area contributed by atoms with Crippen LogP contribution in [0, 0.1) is 11.7 Å². The molecule has 2 fully saturated rings. The molecule has 1 saturated heterocycles. The first-order chi connectivity index (χ1) is 17.3. The van der Waals surface area contributed by atoms with Crippen LogP contribution in [0.4, 0.5) is 10.2 Å². The van der Waals surface area contributed by atoms with Gasteiger partial charge >= 0.3 is 0 Å². The smallest absolute Gasteiger partial charge is 0.255 e. The number of carbonyl (C=O) groups excluding carboxylic acids is 2. The van der Waals surface area contributed by atoms with Crippen molar-refractivity contribution >= 4 is 17.6 Å². The largest absolute Gasteiger partial charge is 0.496 e. The molecule has 0 radical (unpaired) electrons. The number of hydrogen-bond donors (Lipinski definition) is 3. The lowest BCUT2D eigenvalue weighted by molar-refractivity contribution is 0.0944. The summed E-state index contributed by atoms with van der Waals surface area (Å²) in [5, 5.41) is 7.44. The second-order valence-corrected chi connectivity index (χ2v) is 9.46. The van der Waals surface area contributed by atoms with E-state index in [0.29, 0.717) is 17.0 Å². The number of methoxy groups -OCH3 is 1. The minimum absolute atomic E-state index is 0.116. The van der Waals surface area contributed by atoms with Crippen molar-refractivity contribution in [2.24, 2.45) is 11.7 Å². The van der Waals surface area contributed by atoms with E-state index >= 15 is 0 Å². The fourth-order valence-corrected chi connectivity index (χ4v) is 4.60. The number of anilines is 1. The summed E-state index contributed by atoms with van der Waals surface area (Å²) in [6, 6.07) is 11.2. The lowest BCUT2D eigenvalue weighted by atomic mass is 10.0. The number of hydrogen-bond acceptors (Lipinski definition) is 6. The van der Waals surface area contributed by atoms with E-state index in [1.807, 2.05) is 24.3 Å². The molecule has 1 saturated carbocycles. The van der Waals surface area contributed by atoms with Crippen molar-refractivity contribution in [1.29, 1.82) is 0 Å². The zero-order valence-electron chi connectivity index (χ0n) is 20.0. The molecular formula is C26H29FN6O3. The molecule has 10 heteroatoms. The quantitative estimate of drug-likeness (QED) is 0.421. The number of rotatable bonds is 9. The maximum Gasteiger partial charge on any atom is 0.255 e. The van der Waals surface area contributed by atoms with Crippen molar-refractivity contribution in [3.05, 3.63) is 65.0 Å². The van der Waals surface area contributed by atoms with Gasteiger partial charge < -0.3 is 21.5 Å². The van der Waals surface area contributed by atoms with Gasteiger partial charge in [0.05, 0.1) is 18.7 Å². The molecule has 0 unspecified atom stereocenters. The van der Waals surface area contributed by atoms with Crippen molar-refractivity contribution in [2.75, 3.05) is 32.5 Å². The van der Waals surface area contributed by atoms with E-state index in [9.17, 15) is 14.0 Å². The standard InChI is InChI=1S/C26H29FN6O3/c1-36-21-9-8-18(27)10-20(21)26(35)30-11-15-4-6-17(7-5-15)23-22(25(29)34)24(28)33(31-23)19-13-32(14-19)12-16-2-3-16/h4-10,16,19H,2-3,11-14,28H2,1H3,(H2,29,34)(H,30,35). The number of halogens is 1. The first-order valence-corrected chi connectivity index (χ1v) is 11.9. The third-order valence-corrected chi connectivity index (χ3v) is 6.78. The molecule has 5 rings (SSSR count). The SMILES string of the molecule is COc1ccc(F)cc1C(=O)NCc1ccc(-c2nn(C3CN(CC4CC4)C3)c(N)c2C(N)=O)cc1. The highest BCUT2D eigenvalue weighted by Gasteiger charge is 2.36. The molecule has 36 heavy (non-hydrogen) atoms. The molecule has 1 aromatic heterocycles. The third-order valence-electron chi connectivity index (χ3n) is 6.78. The van der Waals surface area contributed by atoms with Crippen molar-refractivity contribution in [1.82, 2.24) is 20.0 Å². The fourth-order valence-electron chi connectivity index (χ4n) is 4.60. The number of nitrogen functional groups attached to an aromatic ring is 1. The molecule has 0 atom stereocenters. The summed E-state index contributed by atoms with van der Waals surface area (Å²) in [6.07, 6.45) is 2.61. The van der Waals surface area contributed by atoms with Crippen LogP contribution in [-0.4, -0.2) is 53.2 Å². The second-order valence-electron chi connectivity index (χ2n) is 9.46. The van der Waals surface area contributed by atoms with Gasteiger partial charge in [-0.15, -0.1) is 0 Å². The minimum Gasteiger partial charge on any atom is -0.496 e. The van der Waals surface area contributed by atoms with Crippen molar-refractivity contribution in [3.63, 3.8) is 0 Å². The van der Waals surface area contributed by atoms with Gasteiger partial charge in [-0.1, -0.05) is 24.3 Å². The van der Waals surface area contributed by atoms with Gasteiger partial charge in [-0.05, 0) is 42.5 Å². The molecule has 1 aliphatic carbocycles. The summed E-state index contributed by atoms with van der Waals surface area (Å²) in [5.41, 5.74) is 14.3. The first-order valence-electron chi connectivity index (χ1n) is 11.9. The summed E-state index contributed by atoms with van der Waals surface area (Å²) in [4.78, 5) is 27.2. The number of amides is 2. The Morgan fingerprint density at radius 1 is 1.17 bits per heavy atom. The molecular weight excluding hydrogens is 463 g/mol. The highest BCUT2D eigenvalue weighted by Crippen LogP contribution is 2.35. The topological polar surface area (TPSA) is 128 Å².